The summed E-state index contributed by atoms with van der Waals surface area (Å²) < 4.78 is 38.3. The molecule has 5 heteroatoms. The lowest BCUT2D eigenvalue weighted by Gasteiger charge is -2.11. The van der Waals surface area contributed by atoms with E-state index in [9.17, 15) is 18.0 Å². The summed E-state index contributed by atoms with van der Waals surface area (Å²) in [5.74, 6) is -0.285. The van der Waals surface area contributed by atoms with Crippen molar-refractivity contribution >= 4 is 11.5 Å². The van der Waals surface area contributed by atoms with Crippen molar-refractivity contribution in [2.75, 3.05) is 5.32 Å². The van der Waals surface area contributed by atoms with Gasteiger partial charge in [-0.2, -0.15) is 13.2 Å². The van der Waals surface area contributed by atoms with Crippen LogP contribution < -0.4 is 5.32 Å². The molecule has 0 unspecified atom stereocenters. The molecule has 0 saturated heterocycles. The molecule has 0 heterocycles. The number of hydrogen-bond acceptors (Lipinski definition) is 2. The van der Waals surface area contributed by atoms with E-state index in [0.29, 0.717) is 5.56 Å². The van der Waals surface area contributed by atoms with Gasteiger partial charge in [-0.3, -0.25) is 4.79 Å². The van der Waals surface area contributed by atoms with Gasteiger partial charge in [0.15, 0.2) is 5.78 Å². The van der Waals surface area contributed by atoms with E-state index >= 15 is 0 Å². The quantitative estimate of drug-likeness (QED) is 0.663. The zero-order valence-corrected chi connectivity index (χ0v) is 10.9. The second-order valence-electron chi connectivity index (χ2n) is 4.25. The summed E-state index contributed by atoms with van der Waals surface area (Å²) in [4.78, 5) is 11.8. The first kappa shape index (κ1) is 14.8. The third kappa shape index (κ3) is 3.95. The van der Waals surface area contributed by atoms with E-state index < -0.39 is 11.7 Å². The predicted molar refractivity (Wildman–Crippen MR) is 75.0 cm³/mol. The molecule has 0 spiro atoms. The van der Waals surface area contributed by atoms with Crippen molar-refractivity contribution in [3.63, 3.8) is 0 Å². The number of alkyl halides is 3. The highest BCUT2D eigenvalue weighted by atomic mass is 19.4. The van der Waals surface area contributed by atoms with Gasteiger partial charge in [0.25, 0.3) is 0 Å². The van der Waals surface area contributed by atoms with Gasteiger partial charge >= 0.3 is 6.18 Å². The molecule has 0 radical (unpaired) electrons. The Balaban J connectivity index is 2.10. The fraction of sp³-hybridized carbons (Fsp3) is 0.0625. The first-order chi connectivity index (χ1) is 9.98. The van der Waals surface area contributed by atoms with Crippen LogP contribution in [0.2, 0.25) is 0 Å². The molecule has 2 rings (SSSR count). The molecule has 1 N–H and O–H groups in total. The minimum absolute atomic E-state index is 0.0953. The summed E-state index contributed by atoms with van der Waals surface area (Å²) in [5, 5.41) is 2.50. The molecule has 0 fully saturated rings. The van der Waals surface area contributed by atoms with E-state index in [-0.39, 0.29) is 11.5 Å². The Bertz CT molecular complexity index is 648. The second kappa shape index (κ2) is 6.26. The highest BCUT2D eigenvalue weighted by molar-refractivity contribution is 6.04. The van der Waals surface area contributed by atoms with E-state index in [1.807, 2.05) is 0 Å². The van der Waals surface area contributed by atoms with Crippen LogP contribution in [0.1, 0.15) is 15.9 Å². The third-order valence-electron chi connectivity index (χ3n) is 2.76. The SMILES string of the molecule is O=C(C=CNc1ccccc1C(F)(F)F)c1ccccc1. The predicted octanol–water partition coefficient (Wildman–Crippen LogP) is 4.51. The maximum absolute atomic E-state index is 12.8. The van der Waals surface area contributed by atoms with E-state index in [2.05, 4.69) is 5.32 Å². The summed E-state index contributed by atoms with van der Waals surface area (Å²) in [6, 6.07) is 13.6. The highest BCUT2D eigenvalue weighted by Gasteiger charge is 2.32. The minimum atomic E-state index is -4.44. The first-order valence-corrected chi connectivity index (χ1v) is 6.17. The smallest absolute Gasteiger partial charge is 0.361 e. The summed E-state index contributed by atoms with van der Waals surface area (Å²) >= 11 is 0. The van der Waals surface area contributed by atoms with Crippen molar-refractivity contribution in [3.8, 4) is 0 Å². The number of anilines is 1. The number of hydrogen-bond donors (Lipinski definition) is 1. The third-order valence-corrected chi connectivity index (χ3v) is 2.76. The second-order valence-corrected chi connectivity index (χ2v) is 4.25. The molecule has 0 amide bonds. The molecule has 2 aromatic carbocycles. The van der Waals surface area contributed by atoms with Crippen molar-refractivity contribution < 1.29 is 18.0 Å². The number of nitrogens with one attached hydrogen (secondary N) is 1. The lowest BCUT2D eigenvalue weighted by atomic mass is 10.1. The number of rotatable bonds is 4. The van der Waals surface area contributed by atoms with Gasteiger partial charge in [-0.25, -0.2) is 0 Å². The number of allylic oxidation sites excluding steroid dienone is 1. The lowest BCUT2D eigenvalue weighted by Crippen LogP contribution is -2.08. The Morgan fingerprint density at radius 2 is 1.57 bits per heavy atom. The van der Waals surface area contributed by atoms with Crippen LogP contribution in [-0.2, 0) is 6.18 Å². The molecule has 0 aliphatic heterocycles. The molecule has 21 heavy (non-hydrogen) atoms. The van der Waals surface area contributed by atoms with Crippen LogP contribution >= 0.6 is 0 Å². The van der Waals surface area contributed by atoms with Gasteiger partial charge in [0.1, 0.15) is 0 Å². The number of carbonyl (C=O) groups is 1. The highest BCUT2D eigenvalue weighted by Crippen LogP contribution is 2.34. The van der Waals surface area contributed by atoms with Gasteiger partial charge in [0.2, 0.25) is 0 Å². The van der Waals surface area contributed by atoms with Crippen molar-refractivity contribution in [2.24, 2.45) is 0 Å². The molecular formula is C16H12F3NO. The molecule has 0 atom stereocenters. The Kier molecular flexibility index (Phi) is 4.42. The van der Waals surface area contributed by atoms with Crippen LogP contribution in [-0.4, -0.2) is 5.78 Å². The number of carbonyl (C=O) groups excluding carboxylic acids is 1. The average molecular weight is 291 g/mol. The lowest BCUT2D eigenvalue weighted by molar-refractivity contribution is -0.136. The monoisotopic (exact) mass is 291 g/mol. The van der Waals surface area contributed by atoms with E-state index in [0.717, 1.165) is 6.07 Å². The molecule has 0 bridgehead atoms. The topological polar surface area (TPSA) is 29.1 Å². The average Bonchev–Trinajstić information content (AvgIpc) is 2.47. The molecule has 108 valence electrons. The Labute approximate surface area is 119 Å². The molecule has 0 saturated carbocycles. The van der Waals surface area contributed by atoms with Gasteiger partial charge in [0, 0.05) is 17.8 Å². The van der Waals surface area contributed by atoms with Gasteiger partial charge in [-0.05, 0) is 12.1 Å². The Morgan fingerprint density at radius 3 is 2.24 bits per heavy atom. The first-order valence-electron chi connectivity index (χ1n) is 6.17. The number of halogens is 3. The summed E-state index contributed by atoms with van der Waals surface area (Å²) in [5.41, 5.74) is -0.399. The van der Waals surface area contributed by atoms with Gasteiger partial charge in [0.05, 0.1) is 11.3 Å². The largest absolute Gasteiger partial charge is 0.418 e. The van der Waals surface area contributed by atoms with Crippen LogP contribution in [0.25, 0.3) is 0 Å². The van der Waals surface area contributed by atoms with Crippen LogP contribution in [0.5, 0.6) is 0 Å². The molecule has 2 nitrogen and oxygen atoms in total. The Hall–Kier alpha value is -2.56. The van der Waals surface area contributed by atoms with Crippen LogP contribution in [0.15, 0.2) is 66.9 Å². The Morgan fingerprint density at radius 1 is 0.952 bits per heavy atom. The van der Waals surface area contributed by atoms with Crippen LogP contribution in [0, 0.1) is 0 Å². The van der Waals surface area contributed by atoms with E-state index in [1.165, 1.54) is 30.5 Å². The van der Waals surface area contributed by atoms with Crippen molar-refractivity contribution in [2.45, 2.75) is 6.18 Å². The standard InChI is InChI=1S/C16H12F3NO/c17-16(18,19)13-8-4-5-9-14(13)20-11-10-15(21)12-6-2-1-3-7-12/h1-11,20H. The normalized spacial score (nSPS) is 11.6. The van der Waals surface area contributed by atoms with Crippen molar-refractivity contribution in [1.82, 2.24) is 0 Å². The molecular weight excluding hydrogens is 279 g/mol. The van der Waals surface area contributed by atoms with E-state index in [4.69, 9.17) is 0 Å². The number of para-hydroxylation sites is 1. The van der Waals surface area contributed by atoms with Gasteiger partial charge in [-0.15, -0.1) is 0 Å². The number of benzene rings is 2. The summed E-state index contributed by atoms with van der Waals surface area (Å²) in [6.45, 7) is 0. The molecule has 2 aromatic rings. The van der Waals surface area contributed by atoms with Crippen molar-refractivity contribution in [1.29, 1.82) is 0 Å². The molecule has 0 aliphatic carbocycles. The van der Waals surface area contributed by atoms with Gasteiger partial charge in [-0.1, -0.05) is 42.5 Å². The number of ketones is 1. The van der Waals surface area contributed by atoms with E-state index in [1.54, 1.807) is 30.3 Å². The summed E-state index contributed by atoms with van der Waals surface area (Å²) in [7, 11) is 0. The maximum atomic E-state index is 12.8. The summed E-state index contributed by atoms with van der Waals surface area (Å²) in [6.07, 6.45) is -2.04. The fourth-order valence-electron chi connectivity index (χ4n) is 1.76. The minimum Gasteiger partial charge on any atom is -0.361 e. The van der Waals surface area contributed by atoms with Crippen LogP contribution in [0.4, 0.5) is 18.9 Å². The van der Waals surface area contributed by atoms with Crippen LogP contribution in [0.3, 0.4) is 0 Å². The van der Waals surface area contributed by atoms with Gasteiger partial charge < -0.3 is 5.32 Å². The fourth-order valence-corrected chi connectivity index (χ4v) is 1.76. The zero-order chi connectivity index (χ0) is 15.3. The zero-order valence-electron chi connectivity index (χ0n) is 10.9. The molecule has 0 aromatic heterocycles. The molecule has 0 aliphatic rings. The maximum Gasteiger partial charge on any atom is 0.418 e. The van der Waals surface area contributed by atoms with Crippen molar-refractivity contribution in [3.05, 3.63) is 78.0 Å².